The number of hydrogen-bond acceptors (Lipinski definition) is 7. The molecule has 4 N–H and O–H groups in total. The van der Waals surface area contributed by atoms with Gasteiger partial charge in [-0.05, 0) is 37.7 Å². The van der Waals surface area contributed by atoms with Crippen molar-refractivity contribution in [3.05, 3.63) is 29.5 Å². The number of fused-ring (bicyclic) bond motifs is 2. The van der Waals surface area contributed by atoms with Gasteiger partial charge in [0.05, 0.1) is 17.4 Å². The minimum absolute atomic E-state index is 0.154. The lowest BCUT2D eigenvalue weighted by atomic mass is 10.0. The van der Waals surface area contributed by atoms with E-state index in [1.165, 1.54) is 18.3 Å². The number of hydrogen-bond donors (Lipinski definition) is 4. The molecule has 3 aromatic rings. The molecule has 9 nitrogen and oxygen atoms in total. The minimum Gasteiger partial charge on any atom is -0.384 e. The Hall–Kier alpha value is -2.98. The number of carbonyl (C=O) groups excluding carboxylic acids is 2. The monoisotopic (exact) mass is 454 g/mol. The number of rotatable bonds is 5. The Kier molecular flexibility index (Phi) is 5.34. The van der Waals surface area contributed by atoms with Crippen LogP contribution >= 0.6 is 11.3 Å². The zero-order chi connectivity index (χ0) is 22.4. The summed E-state index contributed by atoms with van der Waals surface area (Å²) in [5.74, 6) is 0.535. The zero-order valence-corrected chi connectivity index (χ0v) is 18.8. The molecule has 4 heterocycles. The number of thiazole rings is 1. The van der Waals surface area contributed by atoms with Crippen molar-refractivity contribution in [2.75, 3.05) is 25.5 Å². The summed E-state index contributed by atoms with van der Waals surface area (Å²) in [6.07, 6.45) is 6.24. The van der Waals surface area contributed by atoms with E-state index in [9.17, 15) is 14.7 Å². The summed E-state index contributed by atoms with van der Waals surface area (Å²) in [5, 5.41) is 17.7. The van der Waals surface area contributed by atoms with Crippen molar-refractivity contribution in [3.63, 3.8) is 0 Å². The third kappa shape index (κ3) is 3.63. The highest BCUT2D eigenvalue weighted by molar-refractivity contribution is 7.17. The molecule has 168 valence electrons. The molecule has 5 rings (SSSR count). The van der Waals surface area contributed by atoms with Gasteiger partial charge in [0, 0.05) is 44.0 Å². The minimum atomic E-state index is -0.943. The van der Waals surface area contributed by atoms with E-state index < -0.39 is 6.10 Å². The summed E-state index contributed by atoms with van der Waals surface area (Å²) in [6, 6.07) is 2.27. The average Bonchev–Trinajstić information content (AvgIpc) is 3.55. The van der Waals surface area contributed by atoms with Gasteiger partial charge >= 0.3 is 0 Å². The molecule has 1 aliphatic heterocycles. The van der Waals surface area contributed by atoms with Crippen LogP contribution in [0.4, 0.5) is 5.69 Å². The van der Waals surface area contributed by atoms with Crippen molar-refractivity contribution in [2.45, 2.75) is 31.9 Å². The number of amides is 2. The maximum Gasteiger partial charge on any atom is 0.262 e. The van der Waals surface area contributed by atoms with Crippen LogP contribution in [0.2, 0.25) is 0 Å². The van der Waals surface area contributed by atoms with Gasteiger partial charge in [0.1, 0.15) is 21.6 Å². The van der Waals surface area contributed by atoms with E-state index >= 15 is 0 Å². The number of aliphatic hydroxyl groups is 1. The van der Waals surface area contributed by atoms with Gasteiger partial charge in [0.15, 0.2) is 0 Å². The van der Waals surface area contributed by atoms with Gasteiger partial charge in [-0.2, -0.15) is 0 Å². The fourth-order valence-electron chi connectivity index (χ4n) is 5.02. The zero-order valence-electron chi connectivity index (χ0n) is 18.0. The van der Waals surface area contributed by atoms with Gasteiger partial charge < -0.3 is 25.6 Å². The highest BCUT2D eigenvalue weighted by atomic mass is 32.1. The van der Waals surface area contributed by atoms with Gasteiger partial charge in [-0.15, -0.1) is 11.3 Å². The first-order valence-electron chi connectivity index (χ1n) is 10.8. The maximum atomic E-state index is 12.2. The van der Waals surface area contributed by atoms with Gasteiger partial charge in [0.25, 0.3) is 11.8 Å². The molecule has 2 fully saturated rings. The molecule has 1 aliphatic carbocycles. The van der Waals surface area contributed by atoms with Crippen LogP contribution in [0.5, 0.6) is 0 Å². The Balaban J connectivity index is 1.39. The topological polar surface area (TPSA) is 123 Å². The molecule has 1 saturated carbocycles. The molecule has 3 aromatic heterocycles. The maximum absolute atomic E-state index is 12.2. The van der Waals surface area contributed by atoms with Crippen LogP contribution in [-0.2, 0) is 4.79 Å². The predicted octanol–water partition coefficient (Wildman–Crippen LogP) is 2.08. The summed E-state index contributed by atoms with van der Waals surface area (Å²) in [6.45, 7) is 2.94. The average molecular weight is 455 g/mol. The molecule has 2 aliphatic rings. The van der Waals surface area contributed by atoms with Crippen molar-refractivity contribution in [1.82, 2.24) is 25.2 Å². The number of carbonyl (C=O) groups is 2. The molecule has 0 aromatic carbocycles. The molecular weight excluding hydrogens is 428 g/mol. The van der Waals surface area contributed by atoms with Crippen LogP contribution in [0.15, 0.2) is 24.7 Å². The first-order valence-corrected chi connectivity index (χ1v) is 11.6. The Morgan fingerprint density at radius 3 is 2.69 bits per heavy atom. The van der Waals surface area contributed by atoms with Gasteiger partial charge in [-0.25, -0.2) is 9.97 Å². The van der Waals surface area contributed by atoms with E-state index in [1.807, 2.05) is 12.3 Å². The second kappa shape index (κ2) is 8.18. The van der Waals surface area contributed by atoms with Crippen LogP contribution in [0.1, 0.15) is 29.4 Å². The molecule has 4 atom stereocenters. The third-order valence-corrected chi connectivity index (χ3v) is 7.57. The number of likely N-dealkylation sites (tertiary alicyclic amines) is 1. The van der Waals surface area contributed by atoms with Crippen molar-refractivity contribution in [3.8, 4) is 10.6 Å². The summed E-state index contributed by atoms with van der Waals surface area (Å²) in [7, 11) is 1.61. The van der Waals surface area contributed by atoms with Crippen LogP contribution in [0.3, 0.4) is 0 Å². The molecule has 0 radical (unpaired) electrons. The van der Waals surface area contributed by atoms with Crippen molar-refractivity contribution in [2.24, 2.45) is 11.8 Å². The molecule has 1 saturated heterocycles. The van der Waals surface area contributed by atoms with E-state index in [-0.39, 0.29) is 17.9 Å². The van der Waals surface area contributed by atoms with Crippen molar-refractivity contribution >= 4 is 39.9 Å². The Morgan fingerprint density at radius 2 is 2.00 bits per heavy atom. The number of pyridine rings is 1. The Bertz CT molecular complexity index is 1160. The normalized spacial score (nSPS) is 23.3. The van der Waals surface area contributed by atoms with E-state index in [4.69, 9.17) is 0 Å². The molecular formula is C22H26N6O3S. The SMILES string of the molecule is CNC(=O)c1cnc(-c2cnc3[nH]ccc3c2NC2C[C@@H]3CN(C(=O)[C@H](C)O)C[C@@H]3C2)s1. The standard InChI is InChI=1S/C22H26N6O3S/c1-11(29)22(31)28-9-12-5-14(6-13(12)10-28)27-18-15-3-4-24-19(15)25-7-16(18)21-26-8-17(32-21)20(30)23-2/h3-4,7-8,11-14,29H,5-6,9-10H2,1-2H3,(H,23,30)(H2,24,25,27)/t11-,12-,13+,14?/m0/s1. The van der Waals surface area contributed by atoms with E-state index in [1.54, 1.807) is 24.3 Å². The first-order chi connectivity index (χ1) is 15.4. The van der Waals surface area contributed by atoms with Gasteiger partial charge in [0.2, 0.25) is 0 Å². The molecule has 0 bridgehead atoms. The second-order valence-electron chi connectivity index (χ2n) is 8.65. The summed E-state index contributed by atoms with van der Waals surface area (Å²) < 4.78 is 0. The van der Waals surface area contributed by atoms with Crippen LogP contribution in [0, 0.1) is 11.8 Å². The number of anilines is 1. The summed E-state index contributed by atoms with van der Waals surface area (Å²) >= 11 is 1.34. The molecule has 32 heavy (non-hydrogen) atoms. The molecule has 10 heteroatoms. The van der Waals surface area contributed by atoms with E-state index in [0.717, 1.165) is 40.1 Å². The largest absolute Gasteiger partial charge is 0.384 e. The Morgan fingerprint density at radius 1 is 1.25 bits per heavy atom. The Labute approximate surface area is 189 Å². The van der Waals surface area contributed by atoms with Crippen LogP contribution in [0.25, 0.3) is 21.6 Å². The summed E-state index contributed by atoms with van der Waals surface area (Å²) in [4.78, 5) is 38.7. The molecule has 0 spiro atoms. The van der Waals surface area contributed by atoms with Crippen LogP contribution < -0.4 is 10.6 Å². The quantitative estimate of drug-likeness (QED) is 0.468. The fraction of sp³-hybridized carbons (Fsp3) is 0.455. The van der Waals surface area contributed by atoms with E-state index in [2.05, 4.69) is 25.6 Å². The molecule has 1 unspecified atom stereocenters. The van der Waals surface area contributed by atoms with E-state index in [0.29, 0.717) is 29.8 Å². The first kappa shape index (κ1) is 20.9. The number of nitrogens with one attached hydrogen (secondary N) is 3. The number of aromatic nitrogens is 3. The highest BCUT2D eigenvalue weighted by Gasteiger charge is 2.43. The lowest BCUT2D eigenvalue weighted by Crippen LogP contribution is -2.37. The van der Waals surface area contributed by atoms with Crippen molar-refractivity contribution in [1.29, 1.82) is 0 Å². The fourth-order valence-corrected chi connectivity index (χ4v) is 5.90. The lowest BCUT2D eigenvalue weighted by molar-refractivity contribution is -0.138. The van der Waals surface area contributed by atoms with Crippen LogP contribution in [-0.4, -0.2) is 69.1 Å². The summed E-state index contributed by atoms with van der Waals surface area (Å²) in [5.41, 5.74) is 2.64. The number of H-pyrrole nitrogens is 1. The van der Waals surface area contributed by atoms with Crippen molar-refractivity contribution < 1.29 is 14.7 Å². The smallest absolute Gasteiger partial charge is 0.262 e. The highest BCUT2D eigenvalue weighted by Crippen LogP contribution is 2.42. The molecule has 2 amide bonds. The van der Waals surface area contributed by atoms with Gasteiger partial charge in [-0.3, -0.25) is 9.59 Å². The number of aliphatic hydroxyl groups excluding tert-OH is 1. The van der Waals surface area contributed by atoms with Gasteiger partial charge in [-0.1, -0.05) is 0 Å². The number of aromatic amines is 1. The lowest BCUT2D eigenvalue weighted by Gasteiger charge is -2.22. The third-order valence-electron chi connectivity index (χ3n) is 6.54. The second-order valence-corrected chi connectivity index (χ2v) is 9.68. The number of nitrogens with zero attached hydrogens (tertiary/aromatic N) is 3. The predicted molar refractivity (Wildman–Crippen MR) is 122 cm³/mol.